The minimum Gasteiger partial charge on any atom is -0.321 e. The van der Waals surface area contributed by atoms with Gasteiger partial charge in [0, 0.05) is 22.1 Å². The lowest BCUT2D eigenvalue weighted by molar-refractivity contribution is 0.102. The Labute approximate surface area is 164 Å². The SMILES string of the molecule is Cc1ccc(C#Cc2cccc3cccc(NC(=O)c4ccccc4)c23)cc1. The zero-order valence-electron chi connectivity index (χ0n) is 15.6. The highest BCUT2D eigenvalue weighted by atomic mass is 16.1. The largest absolute Gasteiger partial charge is 0.321 e. The van der Waals surface area contributed by atoms with E-state index in [1.165, 1.54) is 5.56 Å². The maximum atomic E-state index is 12.6. The van der Waals surface area contributed by atoms with Gasteiger partial charge in [-0.25, -0.2) is 0 Å². The van der Waals surface area contributed by atoms with Gasteiger partial charge in [-0.15, -0.1) is 0 Å². The van der Waals surface area contributed by atoms with Crippen molar-refractivity contribution in [2.75, 3.05) is 5.32 Å². The summed E-state index contributed by atoms with van der Waals surface area (Å²) in [6.45, 7) is 2.06. The molecule has 1 N–H and O–H groups in total. The third kappa shape index (κ3) is 3.79. The quantitative estimate of drug-likeness (QED) is 0.449. The second-order valence-corrected chi connectivity index (χ2v) is 6.65. The minimum absolute atomic E-state index is 0.130. The van der Waals surface area contributed by atoms with Gasteiger partial charge in [-0.05, 0) is 48.7 Å². The highest BCUT2D eigenvalue weighted by Crippen LogP contribution is 2.27. The first-order chi connectivity index (χ1) is 13.7. The van der Waals surface area contributed by atoms with E-state index < -0.39 is 0 Å². The van der Waals surface area contributed by atoms with Gasteiger partial charge >= 0.3 is 0 Å². The van der Waals surface area contributed by atoms with Crippen LogP contribution < -0.4 is 5.32 Å². The molecular weight excluding hydrogens is 342 g/mol. The van der Waals surface area contributed by atoms with Crippen molar-refractivity contribution in [3.8, 4) is 11.8 Å². The first-order valence-corrected chi connectivity index (χ1v) is 9.17. The standard InChI is InChI=1S/C26H19NO/c1-19-13-15-20(16-14-19)17-18-22-10-5-9-21-11-6-12-24(25(21)22)27-26(28)23-7-3-2-4-8-23/h2-16H,1H3,(H,27,28). The molecule has 0 aliphatic heterocycles. The molecule has 0 fully saturated rings. The van der Waals surface area contributed by atoms with Crippen molar-refractivity contribution in [3.63, 3.8) is 0 Å². The van der Waals surface area contributed by atoms with Crippen LogP contribution in [0.1, 0.15) is 27.0 Å². The van der Waals surface area contributed by atoms with Gasteiger partial charge in [0.15, 0.2) is 0 Å². The summed E-state index contributed by atoms with van der Waals surface area (Å²) in [5.41, 5.74) is 4.46. The molecule has 0 heterocycles. The number of amides is 1. The lowest BCUT2D eigenvalue weighted by Crippen LogP contribution is -2.12. The highest BCUT2D eigenvalue weighted by Gasteiger charge is 2.10. The Morgan fingerprint density at radius 3 is 2.21 bits per heavy atom. The molecule has 0 aromatic heterocycles. The summed E-state index contributed by atoms with van der Waals surface area (Å²) in [6.07, 6.45) is 0. The van der Waals surface area contributed by atoms with Crippen LogP contribution in [0, 0.1) is 18.8 Å². The fourth-order valence-corrected chi connectivity index (χ4v) is 3.11. The molecule has 4 rings (SSSR count). The molecular formula is C26H19NO. The Balaban J connectivity index is 1.74. The van der Waals surface area contributed by atoms with E-state index in [1.54, 1.807) is 12.1 Å². The number of fused-ring (bicyclic) bond motifs is 1. The van der Waals surface area contributed by atoms with E-state index in [2.05, 4.69) is 36.2 Å². The number of rotatable bonds is 2. The van der Waals surface area contributed by atoms with Gasteiger partial charge in [-0.1, -0.05) is 72.0 Å². The first kappa shape index (κ1) is 17.6. The molecule has 1 amide bonds. The second-order valence-electron chi connectivity index (χ2n) is 6.65. The van der Waals surface area contributed by atoms with Crippen molar-refractivity contribution in [1.29, 1.82) is 0 Å². The van der Waals surface area contributed by atoms with E-state index in [-0.39, 0.29) is 5.91 Å². The molecule has 134 valence electrons. The summed E-state index contributed by atoms with van der Waals surface area (Å²) in [7, 11) is 0. The number of hydrogen-bond acceptors (Lipinski definition) is 1. The Hall–Kier alpha value is -3.83. The normalized spacial score (nSPS) is 10.2. The van der Waals surface area contributed by atoms with Gasteiger partial charge < -0.3 is 5.32 Å². The van der Waals surface area contributed by atoms with Crippen LogP contribution >= 0.6 is 0 Å². The summed E-state index contributed by atoms with van der Waals surface area (Å²) in [5.74, 6) is 6.38. The maximum absolute atomic E-state index is 12.6. The molecule has 0 saturated heterocycles. The Morgan fingerprint density at radius 2 is 1.46 bits per heavy atom. The minimum atomic E-state index is -0.130. The van der Waals surface area contributed by atoms with Crippen LogP contribution in [-0.2, 0) is 0 Å². The first-order valence-electron chi connectivity index (χ1n) is 9.17. The molecule has 0 spiro atoms. The number of nitrogens with one attached hydrogen (secondary N) is 1. The number of aryl methyl sites for hydroxylation is 1. The molecule has 0 aliphatic rings. The molecule has 4 aromatic rings. The Bertz CT molecular complexity index is 1190. The van der Waals surface area contributed by atoms with Crippen molar-refractivity contribution >= 4 is 22.4 Å². The molecule has 0 unspecified atom stereocenters. The molecule has 0 radical (unpaired) electrons. The van der Waals surface area contributed by atoms with Crippen LogP contribution in [0.4, 0.5) is 5.69 Å². The topological polar surface area (TPSA) is 29.1 Å². The van der Waals surface area contributed by atoms with E-state index in [4.69, 9.17) is 0 Å². The summed E-state index contributed by atoms with van der Waals surface area (Å²) in [5, 5.41) is 5.04. The maximum Gasteiger partial charge on any atom is 0.255 e. The number of benzene rings is 4. The van der Waals surface area contributed by atoms with Crippen molar-refractivity contribution in [3.05, 3.63) is 113 Å². The predicted octanol–water partition coefficient (Wildman–Crippen LogP) is 5.80. The van der Waals surface area contributed by atoms with Crippen LogP contribution in [0.25, 0.3) is 10.8 Å². The summed E-state index contributed by atoms with van der Waals surface area (Å²) >= 11 is 0. The van der Waals surface area contributed by atoms with Gasteiger partial charge in [0.1, 0.15) is 0 Å². The van der Waals surface area contributed by atoms with Gasteiger partial charge in [0.2, 0.25) is 0 Å². The van der Waals surface area contributed by atoms with E-state index in [0.717, 1.165) is 27.6 Å². The van der Waals surface area contributed by atoms with Crippen molar-refractivity contribution < 1.29 is 4.79 Å². The fourth-order valence-electron chi connectivity index (χ4n) is 3.11. The van der Waals surface area contributed by atoms with Gasteiger partial charge in [0.25, 0.3) is 5.91 Å². The third-order valence-corrected chi connectivity index (χ3v) is 4.58. The van der Waals surface area contributed by atoms with Crippen LogP contribution in [0.15, 0.2) is 91.0 Å². The fraction of sp³-hybridized carbons (Fsp3) is 0.0385. The Morgan fingerprint density at radius 1 is 0.750 bits per heavy atom. The third-order valence-electron chi connectivity index (χ3n) is 4.58. The van der Waals surface area contributed by atoms with Gasteiger partial charge in [0.05, 0.1) is 5.69 Å². The van der Waals surface area contributed by atoms with Crippen LogP contribution in [-0.4, -0.2) is 5.91 Å². The van der Waals surface area contributed by atoms with Crippen molar-refractivity contribution in [2.45, 2.75) is 6.92 Å². The van der Waals surface area contributed by atoms with Crippen molar-refractivity contribution in [2.24, 2.45) is 0 Å². The number of anilines is 1. The van der Waals surface area contributed by atoms with Gasteiger partial charge in [-0.3, -0.25) is 4.79 Å². The summed E-state index contributed by atoms with van der Waals surface area (Å²) < 4.78 is 0. The highest BCUT2D eigenvalue weighted by molar-refractivity contribution is 6.10. The molecule has 0 bridgehead atoms. The molecule has 28 heavy (non-hydrogen) atoms. The van der Waals surface area contributed by atoms with Gasteiger partial charge in [-0.2, -0.15) is 0 Å². The average Bonchev–Trinajstić information content (AvgIpc) is 2.74. The van der Waals surface area contributed by atoms with Crippen LogP contribution in [0.2, 0.25) is 0 Å². The zero-order valence-corrected chi connectivity index (χ0v) is 15.6. The molecule has 2 heteroatoms. The van der Waals surface area contributed by atoms with E-state index in [1.807, 2.05) is 66.7 Å². The molecule has 0 saturated carbocycles. The average molecular weight is 361 g/mol. The Kier molecular flexibility index (Phi) is 4.91. The summed E-state index contributed by atoms with van der Waals surface area (Å²) in [6, 6.07) is 29.3. The lowest BCUT2D eigenvalue weighted by atomic mass is 10.0. The molecule has 4 aromatic carbocycles. The molecule has 0 aliphatic carbocycles. The van der Waals surface area contributed by atoms with E-state index >= 15 is 0 Å². The van der Waals surface area contributed by atoms with E-state index in [0.29, 0.717) is 5.56 Å². The van der Waals surface area contributed by atoms with Crippen molar-refractivity contribution in [1.82, 2.24) is 0 Å². The molecule has 0 atom stereocenters. The molecule has 2 nitrogen and oxygen atoms in total. The van der Waals surface area contributed by atoms with E-state index in [9.17, 15) is 4.79 Å². The summed E-state index contributed by atoms with van der Waals surface area (Å²) in [4.78, 5) is 12.6. The number of carbonyl (C=O) groups is 1. The zero-order chi connectivity index (χ0) is 19.3. The predicted molar refractivity (Wildman–Crippen MR) is 116 cm³/mol. The van der Waals surface area contributed by atoms with Crippen LogP contribution in [0.3, 0.4) is 0 Å². The monoisotopic (exact) mass is 361 g/mol. The smallest absolute Gasteiger partial charge is 0.255 e. The lowest BCUT2D eigenvalue weighted by Gasteiger charge is -2.10. The second kappa shape index (κ2) is 7.82. The number of carbonyl (C=O) groups excluding carboxylic acids is 1. The number of hydrogen-bond donors (Lipinski definition) is 1. The van der Waals surface area contributed by atoms with Crippen LogP contribution in [0.5, 0.6) is 0 Å².